The molecule has 2 aliphatic heterocycles. The molecule has 1 N–H and O–H groups in total. The van der Waals surface area contributed by atoms with Crippen LogP contribution in [-0.2, 0) is 4.74 Å². The summed E-state index contributed by atoms with van der Waals surface area (Å²) >= 11 is 0. The lowest BCUT2D eigenvalue weighted by Gasteiger charge is -2.36. The van der Waals surface area contributed by atoms with Crippen LogP contribution in [0.25, 0.3) is 0 Å². The number of fused-ring (bicyclic) bond motifs is 2. The Kier molecular flexibility index (Phi) is 8.13. The van der Waals surface area contributed by atoms with E-state index < -0.39 is 0 Å². The van der Waals surface area contributed by atoms with Crippen LogP contribution in [0.15, 0.2) is 48.7 Å². The van der Waals surface area contributed by atoms with Crippen LogP contribution in [0.4, 0.5) is 34.5 Å². The monoisotopic (exact) mass is 531 g/mol. The van der Waals surface area contributed by atoms with E-state index in [1.165, 1.54) is 0 Å². The summed E-state index contributed by atoms with van der Waals surface area (Å²) in [4.78, 5) is 30.7. The van der Waals surface area contributed by atoms with Crippen LogP contribution < -0.4 is 24.8 Å². The molecule has 206 valence electrons. The Morgan fingerprint density at radius 1 is 0.974 bits per heavy atom. The van der Waals surface area contributed by atoms with E-state index in [4.69, 9.17) is 14.5 Å². The molecule has 39 heavy (non-hydrogen) atoms. The van der Waals surface area contributed by atoms with E-state index >= 15 is 0 Å². The first-order valence-corrected chi connectivity index (χ1v) is 13.5. The molecule has 10 heteroatoms. The van der Waals surface area contributed by atoms with Gasteiger partial charge in [0.2, 0.25) is 5.95 Å². The minimum Gasteiger partial charge on any atom is -0.494 e. The van der Waals surface area contributed by atoms with Crippen LogP contribution in [0.1, 0.15) is 23.7 Å². The second-order valence-electron chi connectivity index (χ2n) is 9.79. The van der Waals surface area contributed by atoms with Crippen LogP contribution in [0.3, 0.4) is 0 Å². The molecule has 0 radical (unpaired) electrons. The van der Waals surface area contributed by atoms with Crippen LogP contribution >= 0.6 is 0 Å². The van der Waals surface area contributed by atoms with Gasteiger partial charge >= 0.3 is 0 Å². The number of ether oxygens (including phenoxy) is 2. The summed E-state index contributed by atoms with van der Waals surface area (Å²) < 4.78 is 11.4. The molecule has 10 nitrogen and oxygen atoms in total. The van der Waals surface area contributed by atoms with Gasteiger partial charge in [0.1, 0.15) is 11.4 Å². The summed E-state index contributed by atoms with van der Waals surface area (Å²) in [6.07, 6.45) is 2.74. The Hall–Kier alpha value is -3.89. The van der Waals surface area contributed by atoms with Gasteiger partial charge in [-0.15, -0.1) is 0 Å². The average Bonchev–Trinajstić information content (AvgIpc) is 3.05. The molecular formula is C29H37N7O3. The number of hydrogen-bond donors (Lipinski definition) is 1. The van der Waals surface area contributed by atoms with Crippen LogP contribution in [0, 0.1) is 0 Å². The smallest absolute Gasteiger partial charge is 0.260 e. The normalized spacial score (nSPS) is 15.6. The minimum atomic E-state index is -0.0940. The number of aromatic nitrogens is 2. The van der Waals surface area contributed by atoms with Crippen LogP contribution in [0.2, 0.25) is 0 Å². The predicted molar refractivity (Wildman–Crippen MR) is 155 cm³/mol. The zero-order valence-corrected chi connectivity index (χ0v) is 23.2. The van der Waals surface area contributed by atoms with Crippen LogP contribution in [-0.4, -0.2) is 87.9 Å². The van der Waals surface area contributed by atoms with Gasteiger partial charge in [0.05, 0.1) is 36.9 Å². The number of nitrogens with zero attached hydrogens (tertiary/aromatic N) is 6. The van der Waals surface area contributed by atoms with E-state index in [9.17, 15) is 4.79 Å². The number of para-hydroxylation sites is 1. The zero-order valence-electron chi connectivity index (χ0n) is 23.2. The number of carbonyl (C=O) groups excluding carboxylic acids is 1. The molecule has 0 unspecified atom stereocenters. The van der Waals surface area contributed by atoms with E-state index in [1.807, 2.05) is 42.3 Å². The van der Waals surface area contributed by atoms with E-state index in [0.717, 1.165) is 69.4 Å². The van der Waals surface area contributed by atoms with E-state index in [-0.39, 0.29) is 5.91 Å². The molecule has 0 saturated carbocycles. The first-order valence-electron chi connectivity index (χ1n) is 13.5. The fraction of sp³-hybridized carbons (Fsp3) is 0.414. The summed E-state index contributed by atoms with van der Waals surface area (Å²) in [5.41, 5.74) is 3.96. The van der Waals surface area contributed by atoms with Gasteiger partial charge in [-0.05, 0) is 30.7 Å². The topological polar surface area (TPSA) is 86.3 Å². The Balaban J connectivity index is 1.30. The standard InChI is InChI=1S/C29H37N7O3/c1-5-17-39-18-16-35-12-14-36(15-13-35)21-10-11-23(26(19-21)38-4)31-29-30-20-25-27(32-29)33(2)24-9-7-6-8-22(24)28(37)34(25)3/h6-11,19-20H,5,12-18H2,1-4H3,(H,30,31,32). The third-order valence-corrected chi connectivity index (χ3v) is 7.30. The van der Waals surface area contributed by atoms with E-state index in [2.05, 4.69) is 39.2 Å². The molecule has 0 aliphatic carbocycles. The van der Waals surface area contributed by atoms with Crippen molar-refractivity contribution in [1.82, 2.24) is 14.9 Å². The van der Waals surface area contributed by atoms with E-state index in [1.54, 1.807) is 25.3 Å². The molecule has 0 spiro atoms. The lowest BCUT2D eigenvalue weighted by atomic mass is 10.1. The highest BCUT2D eigenvalue weighted by Gasteiger charge is 2.29. The number of rotatable bonds is 9. The zero-order chi connectivity index (χ0) is 27.4. The highest BCUT2D eigenvalue weighted by molar-refractivity contribution is 6.13. The molecule has 0 atom stereocenters. The van der Waals surface area contributed by atoms with Crippen molar-refractivity contribution < 1.29 is 14.3 Å². The maximum atomic E-state index is 13.1. The molecule has 5 rings (SSSR count). The number of anilines is 6. The Morgan fingerprint density at radius 3 is 2.54 bits per heavy atom. The lowest BCUT2D eigenvalue weighted by Crippen LogP contribution is -2.47. The number of methoxy groups -OCH3 is 1. The maximum Gasteiger partial charge on any atom is 0.260 e. The highest BCUT2D eigenvalue weighted by atomic mass is 16.5. The maximum absolute atomic E-state index is 13.1. The quantitative estimate of drug-likeness (QED) is 0.410. The molecule has 3 heterocycles. The molecular weight excluding hydrogens is 494 g/mol. The SMILES string of the molecule is CCCOCCN1CCN(c2ccc(Nc3ncc4c(n3)N(C)c3ccccc3C(=O)N4C)c(OC)c2)CC1. The number of amides is 1. The van der Waals surface area contributed by atoms with Gasteiger partial charge in [-0.3, -0.25) is 9.69 Å². The molecule has 1 aromatic heterocycles. The predicted octanol–water partition coefficient (Wildman–Crippen LogP) is 4.14. The van der Waals surface area contributed by atoms with Gasteiger partial charge in [-0.1, -0.05) is 19.1 Å². The molecule has 3 aromatic rings. The second kappa shape index (κ2) is 11.9. The number of hydrogen-bond acceptors (Lipinski definition) is 9. The molecule has 1 amide bonds. The number of carbonyl (C=O) groups is 1. The molecule has 2 aromatic carbocycles. The summed E-state index contributed by atoms with van der Waals surface area (Å²) in [5, 5.41) is 3.32. The summed E-state index contributed by atoms with van der Waals surface area (Å²) in [7, 11) is 5.32. The van der Waals surface area contributed by atoms with Crippen molar-refractivity contribution in [3.8, 4) is 5.75 Å². The lowest BCUT2D eigenvalue weighted by molar-refractivity contribution is 0.0994. The van der Waals surface area contributed by atoms with Gasteiger partial charge < -0.3 is 29.5 Å². The highest BCUT2D eigenvalue weighted by Crippen LogP contribution is 2.38. The number of piperazine rings is 1. The first-order chi connectivity index (χ1) is 19.0. The number of benzene rings is 2. The third-order valence-electron chi connectivity index (χ3n) is 7.30. The van der Waals surface area contributed by atoms with Crippen molar-refractivity contribution in [2.45, 2.75) is 13.3 Å². The third kappa shape index (κ3) is 5.62. The van der Waals surface area contributed by atoms with Gasteiger partial charge in [0, 0.05) is 65.2 Å². The Morgan fingerprint density at radius 2 is 1.77 bits per heavy atom. The van der Waals surface area contributed by atoms with Crippen molar-refractivity contribution in [1.29, 1.82) is 0 Å². The molecule has 0 bridgehead atoms. The summed E-state index contributed by atoms with van der Waals surface area (Å²) in [6.45, 7) is 8.66. The Labute approximate surface area is 230 Å². The molecule has 1 fully saturated rings. The van der Waals surface area contributed by atoms with Gasteiger partial charge in [0.15, 0.2) is 5.82 Å². The average molecular weight is 532 g/mol. The largest absolute Gasteiger partial charge is 0.494 e. The minimum absolute atomic E-state index is 0.0940. The van der Waals surface area contributed by atoms with E-state index in [0.29, 0.717) is 28.8 Å². The van der Waals surface area contributed by atoms with Crippen LogP contribution in [0.5, 0.6) is 5.75 Å². The number of nitrogens with one attached hydrogen (secondary N) is 1. The Bertz CT molecular complexity index is 1310. The van der Waals surface area contributed by atoms with Crippen molar-refractivity contribution in [3.63, 3.8) is 0 Å². The summed E-state index contributed by atoms with van der Waals surface area (Å²) in [5.74, 6) is 1.68. The van der Waals surface area contributed by atoms with Crippen molar-refractivity contribution in [2.24, 2.45) is 0 Å². The van der Waals surface area contributed by atoms with Crippen molar-refractivity contribution >= 4 is 40.4 Å². The van der Waals surface area contributed by atoms with Crippen molar-refractivity contribution in [3.05, 3.63) is 54.2 Å². The van der Waals surface area contributed by atoms with Gasteiger partial charge in [-0.2, -0.15) is 4.98 Å². The van der Waals surface area contributed by atoms with Gasteiger partial charge in [0.25, 0.3) is 5.91 Å². The molecule has 2 aliphatic rings. The van der Waals surface area contributed by atoms with Gasteiger partial charge in [-0.25, -0.2) is 4.98 Å². The van der Waals surface area contributed by atoms with Crippen molar-refractivity contribution in [2.75, 3.05) is 87.2 Å². The fourth-order valence-corrected chi connectivity index (χ4v) is 5.03. The summed E-state index contributed by atoms with van der Waals surface area (Å²) in [6, 6.07) is 13.7. The first kappa shape index (κ1) is 26.7. The fourth-order valence-electron chi connectivity index (χ4n) is 5.03. The molecule has 1 saturated heterocycles. The second-order valence-corrected chi connectivity index (χ2v) is 9.79.